The Balaban J connectivity index is 2.48. The van der Waals surface area contributed by atoms with Crippen LogP contribution in [0.15, 0.2) is 0 Å². The Morgan fingerprint density at radius 3 is 2.86 bits per heavy atom. The number of nitrogens with one attached hydrogen (secondary N) is 1. The van der Waals surface area contributed by atoms with Crippen molar-refractivity contribution >= 4 is 5.91 Å². The van der Waals surface area contributed by atoms with Crippen LogP contribution >= 0.6 is 0 Å². The lowest BCUT2D eigenvalue weighted by Crippen LogP contribution is -2.30. The third kappa shape index (κ3) is 0.703. The number of rotatable bonds is 0. The molecule has 0 aromatic rings. The van der Waals surface area contributed by atoms with E-state index in [1.165, 1.54) is 0 Å². The Kier molecular flexibility index (Phi) is 0.958. The summed E-state index contributed by atoms with van der Waals surface area (Å²) >= 11 is 0. The smallest absolute Gasteiger partial charge is 0.265 e. The number of carbonyl (C=O) groups is 1. The van der Waals surface area contributed by atoms with E-state index in [1.54, 1.807) is 0 Å². The van der Waals surface area contributed by atoms with Gasteiger partial charge < -0.3 is 10.1 Å². The minimum Gasteiger partial charge on any atom is -0.334 e. The molecule has 0 aromatic carbocycles. The standard InChI is InChI=1S/C3H6N2O2/c4-2-3(6)5-1-7-2/h2H,1,4H2,(H,5,6). The van der Waals surface area contributed by atoms with E-state index in [0.717, 1.165) is 0 Å². The maximum atomic E-state index is 10.2. The van der Waals surface area contributed by atoms with Gasteiger partial charge in [0, 0.05) is 0 Å². The third-order valence-electron chi connectivity index (χ3n) is 0.768. The third-order valence-corrected chi connectivity index (χ3v) is 0.768. The van der Waals surface area contributed by atoms with E-state index < -0.39 is 6.23 Å². The van der Waals surface area contributed by atoms with Gasteiger partial charge in [-0.3, -0.25) is 10.5 Å². The molecule has 0 saturated carbocycles. The molecule has 0 aliphatic carbocycles. The molecule has 7 heavy (non-hydrogen) atoms. The lowest BCUT2D eigenvalue weighted by atomic mass is 10.6. The number of nitrogens with two attached hydrogens (primary N) is 1. The van der Waals surface area contributed by atoms with Crippen molar-refractivity contribution < 1.29 is 9.53 Å². The molecule has 3 N–H and O–H groups in total. The highest BCUT2D eigenvalue weighted by Crippen LogP contribution is 1.87. The van der Waals surface area contributed by atoms with Gasteiger partial charge in [0.1, 0.15) is 6.73 Å². The Hall–Kier alpha value is -0.610. The molecule has 4 heteroatoms. The zero-order valence-corrected chi connectivity index (χ0v) is 3.68. The van der Waals surface area contributed by atoms with Gasteiger partial charge in [-0.05, 0) is 0 Å². The van der Waals surface area contributed by atoms with E-state index in [-0.39, 0.29) is 12.6 Å². The van der Waals surface area contributed by atoms with Gasteiger partial charge >= 0.3 is 0 Å². The molecule has 1 unspecified atom stereocenters. The summed E-state index contributed by atoms with van der Waals surface area (Å²) < 4.78 is 4.58. The van der Waals surface area contributed by atoms with E-state index in [4.69, 9.17) is 5.73 Å². The van der Waals surface area contributed by atoms with Crippen LogP contribution in [0.25, 0.3) is 0 Å². The van der Waals surface area contributed by atoms with Gasteiger partial charge in [-0.2, -0.15) is 0 Å². The van der Waals surface area contributed by atoms with Crippen LogP contribution in [-0.4, -0.2) is 18.9 Å². The largest absolute Gasteiger partial charge is 0.334 e. The van der Waals surface area contributed by atoms with Crippen LogP contribution in [0.3, 0.4) is 0 Å². The minimum atomic E-state index is -0.736. The molecule has 1 amide bonds. The molecule has 1 rings (SSSR count). The molecular weight excluding hydrogens is 96.0 g/mol. The van der Waals surface area contributed by atoms with Crippen molar-refractivity contribution in [3.63, 3.8) is 0 Å². The summed E-state index contributed by atoms with van der Waals surface area (Å²) in [6.07, 6.45) is -0.736. The van der Waals surface area contributed by atoms with E-state index >= 15 is 0 Å². The lowest BCUT2D eigenvalue weighted by molar-refractivity contribution is -0.123. The molecule has 1 fully saturated rings. The molecule has 1 saturated heterocycles. The molecule has 1 atom stereocenters. The van der Waals surface area contributed by atoms with Gasteiger partial charge in [-0.15, -0.1) is 0 Å². The quantitative estimate of drug-likeness (QED) is 0.386. The van der Waals surface area contributed by atoms with Crippen LogP contribution in [0.2, 0.25) is 0 Å². The molecule has 4 nitrogen and oxygen atoms in total. The normalized spacial score (nSPS) is 30.4. The van der Waals surface area contributed by atoms with E-state index in [2.05, 4.69) is 10.1 Å². The van der Waals surface area contributed by atoms with Crippen molar-refractivity contribution in [3.8, 4) is 0 Å². The van der Waals surface area contributed by atoms with Gasteiger partial charge in [0.25, 0.3) is 5.91 Å². The molecule has 1 aliphatic heterocycles. The first kappa shape index (κ1) is 4.55. The predicted octanol–water partition coefficient (Wildman–Crippen LogP) is -1.62. The Morgan fingerprint density at radius 2 is 2.71 bits per heavy atom. The molecule has 0 bridgehead atoms. The summed E-state index contributed by atoms with van der Waals surface area (Å²) in [5.74, 6) is -0.236. The molecule has 0 radical (unpaired) electrons. The molecule has 1 aliphatic rings. The fraction of sp³-hybridized carbons (Fsp3) is 0.667. The van der Waals surface area contributed by atoms with Gasteiger partial charge in [0.15, 0.2) is 6.23 Å². The second kappa shape index (κ2) is 1.48. The topological polar surface area (TPSA) is 64.3 Å². The maximum absolute atomic E-state index is 10.2. The average Bonchev–Trinajstić information content (AvgIpc) is 1.91. The summed E-state index contributed by atoms with van der Waals surface area (Å²) in [7, 11) is 0. The second-order valence-corrected chi connectivity index (χ2v) is 1.27. The van der Waals surface area contributed by atoms with Crippen LogP contribution in [0.1, 0.15) is 0 Å². The Bertz CT molecular complexity index is 92.9. The summed E-state index contributed by atoms with van der Waals surface area (Å²) in [6, 6.07) is 0. The second-order valence-electron chi connectivity index (χ2n) is 1.27. The van der Waals surface area contributed by atoms with Crippen LogP contribution in [0, 0.1) is 0 Å². The first-order chi connectivity index (χ1) is 3.30. The number of carbonyl (C=O) groups excluding carboxylic acids is 1. The van der Waals surface area contributed by atoms with Crippen molar-refractivity contribution in [2.45, 2.75) is 6.23 Å². The van der Waals surface area contributed by atoms with Crippen molar-refractivity contribution in [1.82, 2.24) is 5.32 Å². The van der Waals surface area contributed by atoms with E-state index in [1.807, 2.05) is 0 Å². The first-order valence-corrected chi connectivity index (χ1v) is 1.95. The van der Waals surface area contributed by atoms with E-state index in [9.17, 15) is 4.79 Å². The van der Waals surface area contributed by atoms with Crippen molar-refractivity contribution in [1.29, 1.82) is 0 Å². The fourth-order valence-corrected chi connectivity index (χ4v) is 0.379. The molecule has 1 heterocycles. The maximum Gasteiger partial charge on any atom is 0.265 e. The first-order valence-electron chi connectivity index (χ1n) is 1.95. The SMILES string of the molecule is NC1OCNC1=O. The highest BCUT2D eigenvalue weighted by atomic mass is 16.5. The van der Waals surface area contributed by atoms with Crippen LogP contribution in [0.4, 0.5) is 0 Å². The zero-order valence-electron chi connectivity index (χ0n) is 3.68. The average molecular weight is 102 g/mol. The van der Waals surface area contributed by atoms with Crippen molar-refractivity contribution in [2.75, 3.05) is 6.73 Å². The number of hydrogen-bond donors (Lipinski definition) is 2. The predicted molar refractivity (Wildman–Crippen MR) is 22.1 cm³/mol. The van der Waals surface area contributed by atoms with Gasteiger partial charge in [0.2, 0.25) is 0 Å². The number of ether oxygens (including phenoxy) is 1. The van der Waals surface area contributed by atoms with Crippen LogP contribution in [0.5, 0.6) is 0 Å². The van der Waals surface area contributed by atoms with Crippen molar-refractivity contribution in [3.05, 3.63) is 0 Å². The Labute approximate surface area is 40.6 Å². The highest BCUT2D eigenvalue weighted by molar-refractivity contribution is 5.81. The lowest BCUT2D eigenvalue weighted by Gasteiger charge is -1.91. The number of hydrogen-bond acceptors (Lipinski definition) is 3. The monoisotopic (exact) mass is 102 g/mol. The summed E-state index contributed by atoms with van der Waals surface area (Å²) in [5.41, 5.74) is 5.04. The highest BCUT2D eigenvalue weighted by Gasteiger charge is 2.18. The van der Waals surface area contributed by atoms with Crippen molar-refractivity contribution in [2.24, 2.45) is 5.73 Å². The van der Waals surface area contributed by atoms with E-state index in [0.29, 0.717) is 0 Å². The number of amides is 1. The summed E-state index contributed by atoms with van der Waals surface area (Å²) in [5, 5.41) is 2.38. The zero-order chi connectivity index (χ0) is 5.28. The summed E-state index contributed by atoms with van der Waals surface area (Å²) in [4.78, 5) is 10.2. The molecule has 0 aromatic heterocycles. The molecule has 0 spiro atoms. The molecule has 40 valence electrons. The fourth-order valence-electron chi connectivity index (χ4n) is 0.379. The van der Waals surface area contributed by atoms with Crippen LogP contribution in [-0.2, 0) is 9.53 Å². The van der Waals surface area contributed by atoms with Gasteiger partial charge in [0.05, 0.1) is 0 Å². The summed E-state index contributed by atoms with van der Waals surface area (Å²) in [6.45, 7) is 0.250. The van der Waals surface area contributed by atoms with Crippen LogP contribution < -0.4 is 11.1 Å². The minimum absolute atomic E-state index is 0.236. The molecular formula is C3H6N2O2. The van der Waals surface area contributed by atoms with Gasteiger partial charge in [-0.1, -0.05) is 0 Å². The Morgan fingerprint density at radius 1 is 2.00 bits per heavy atom. The van der Waals surface area contributed by atoms with Gasteiger partial charge in [-0.25, -0.2) is 0 Å².